The largest absolute Gasteiger partial charge is 0.331 e. The molecular weight excluding hydrogens is 575 g/mol. The second-order valence-corrected chi connectivity index (χ2v) is 12.2. The molecule has 0 saturated carbocycles. The Labute approximate surface area is 242 Å². The summed E-state index contributed by atoms with van der Waals surface area (Å²) in [7, 11) is -3.68. The fourth-order valence-electron chi connectivity index (χ4n) is 4.51. The van der Waals surface area contributed by atoms with Crippen LogP contribution in [0.1, 0.15) is 29.6 Å². The lowest BCUT2D eigenvalue weighted by atomic mass is 10.0. The zero-order valence-electron chi connectivity index (χ0n) is 20.7. The van der Waals surface area contributed by atoms with Crippen LogP contribution in [0.5, 0.6) is 0 Å². The smallest absolute Gasteiger partial charge is 0.258 e. The molecule has 39 heavy (non-hydrogen) atoms. The number of benzene rings is 3. The Kier molecular flexibility index (Phi) is 8.16. The van der Waals surface area contributed by atoms with E-state index in [2.05, 4.69) is 15.6 Å². The van der Waals surface area contributed by atoms with E-state index in [-0.39, 0.29) is 20.7 Å². The molecule has 7 nitrogen and oxygen atoms in total. The molecule has 1 amide bonds. The number of nitrogens with zero attached hydrogens (tertiary/aromatic N) is 2. The van der Waals surface area contributed by atoms with E-state index in [1.54, 1.807) is 18.2 Å². The molecular formula is C28H24Cl2N4O3S2. The van der Waals surface area contributed by atoms with E-state index < -0.39 is 15.9 Å². The minimum atomic E-state index is -3.68. The predicted octanol–water partition coefficient (Wildman–Crippen LogP) is 6.51. The third-order valence-corrected chi connectivity index (χ3v) is 9.23. The Morgan fingerprint density at radius 3 is 2.38 bits per heavy atom. The number of halogens is 2. The maximum atomic E-state index is 13.4. The molecule has 0 radical (unpaired) electrons. The number of hydrogen-bond acceptors (Lipinski definition) is 5. The number of aromatic nitrogens is 1. The number of nitrogens with one attached hydrogen (secondary N) is 2. The van der Waals surface area contributed by atoms with Gasteiger partial charge in [-0.05, 0) is 61.5 Å². The number of piperidine rings is 1. The third-order valence-electron chi connectivity index (χ3n) is 6.48. The molecule has 1 saturated heterocycles. The third kappa shape index (κ3) is 5.92. The van der Waals surface area contributed by atoms with Crippen molar-refractivity contribution in [3.05, 3.63) is 88.4 Å². The van der Waals surface area contributed by atoms with Gasteiger partial charge in [-0.1, -0.05) is 66.0 Å². The summed E-state index contributed by atoms with van der Waals surface area (Å²) in [5.41, 5.74) is 2.49. The number of sulfonamides is 1. The van der Waals surface area contributed by atoms with E-state index in [1.807, 2.05) is 36.4 Å². The fraction of sp³-hybridized carbons (Fsp3) is 0.179. The maximum Gasteiger partial charge on any atom is 0.258 e. The standard InChI is InChI=1S/C28H24Cl2N4O3S2/c29-22-10-4-2-9-20(22)25-17-21(19-8-3-5-11-24(19)31-25)27(35)33-28(38)32-26-16-18(12-13-23(26)30)39(36,37)34-14-6-1-7-15-34/h2-5,8-13,16-17H,1,6-7,14-15H2,(H2,32,33,35,38). The van der Waals surface area contributed by atoms with E-state index in [1.165, 1.54) is 22.5 Å². The summed E-state index contributed by atoms with van der Waals surface area (Å²) in [5.74, 6) is -0.465. The van der Waals surface area contributed by atoms with E-state index in [0.717, 1.165) is 19.3 Å². The lowest BCUT2D eigenvalue weighted by Gasteiger charge is -2.26. The fourth-order valence-corrected chi connectivity index (χ4v) is 6.65. The van der Waals surface area contributed by atoms with Gasteiger partial charge in [0, 0.05) is 29.1 Å². The molecule has 11 heteroatoms. The molecule has 5 rings (SSSR count). The molecule has 0 spiro atoms. The van der Waals surface area contributed by atoms with Crippen molar-refractivity contribution in [2.24, 2.45) is 0 Å². The number of para-hydroxylation sites is 1. The van der Waals surface area contributed by atoms with Crippen molar-refractivity contribution in [1.82, 2.24) is 14.6 Å². The average Bonchev–Trinajstić information content (AvgIpc) is 2.94. The Balaban J connectivity index is 1.40. The van der Waals surface area contributed by atoms with Crippen LogP contribution in [0.2, 0.25) is 10.0 Å². The SMILES string of the molecule is O=C(NC(=S)Nc1cc(S(=O)(=O)N2CCCCC2)ccc1Cl)c1cc(-c2ccccc2Cl)nc2ccccc12. The predicted molar refractivity (Wildman–Crippen MR) is 160 cm³/mol. The van der Waals surface area contributed by atoms with Gasteiger partial charge in [0.2, 0.25) is 10.0 Å². The van der Waals surface area contributed by atoms with Crippen LogP contribution in [-0.4, -0.2) is 41.8 Å². The average molecular weight is 600 g/mol. The molecule has 2 heterocycles. The molecule has 0 atom stereocenters. The lowest BCUT2D eigenvalue weighted by Crippen LogP contribution is -2.36. The normalized spacial score (nSPS) is 14.2. The molecule has 1 aliphatic rings. The molecule has 200 valence electrons. The summed E-state index contributed by atoms with van der Waals surface area (Å²) in [6.07, 6.45) is 2.67. The highest BCUT2D eigenvalue weighted by molar-refractivity contribution is 7.89. The molecule has 0 unspecified atom stereocenters. The molecule has 3 aromatic carbocycles. The van der Waals surface area contributed by atoms with Gasteiger partial charge >= 0.3 is 0 Å². The number of rotatable bonds is 5. The quantitative estimate of drug-likeness (QED) is 0.254. The number of carbonyl (C=O) groups excluding carboxylic acids is 1. The first-order chi connectivity index (χ1) is 18.7. The first kappa shape index (κ1) is 27.5. The van der Waals surface area contributed by atoms with Crippen molar-refractivity contribution in [3.8, 4) is 11.3 Å². The van der Waals surface area contributed by atoms with Crippen molar-refractivity contribution in [2.45, 2.75) is 24.2 Å². The van der Waals surface area contributed by atoms with Crippen LogP contribution in [0.15, 0.2) is 77.7 Å². The lowest BCUT2D eigenvalue weighted by molar-refractivity contribution is 0.0979. The number of anilines is 1. The molecule has 4 aromatic rings. The van der Waals surface area contributed by atoms with E-state index in [9.17, 15) is 13.2 Å². The minimum Gasteiger partial charge on any atom is -0.331 e. The van der Waals surface area contributed by atoms with Crippen LogP contribution in [-0.2, 0) is 10.0 Å². The van der Waals surface area contributed by atoms with Gasteiger partial charge in [0.05, 0.1) is 32.4 Å². The molecule has 1 aromatic heterocycles. The van der Waals surface area contributed by atoms with Gasteiger partial charge in [0.25, 0.3) is 5.91 Å². The van der Waals surface area contributed by atoms with Crippen LogP contribution in [0, 0.1) is 0 Å². The first-order valence-electron chi connectivity index (χ1n) is 12.3. The van der Waals surface area contributed by atoms with Crippen molar-refractivity contribution >= 4 is 73.1 Å². The summed E-state index contributed by atoms with van der Waals surface area (Å²) in [5, 5.41) is 6.94. The molecule has 1 fully saturated rings. The Morgan fingerprint density at radius 2 is 1.62 bits per heavy atom. The molecule has 0 aliphatic carbocycles. The highest BCUT2D eigenvalue weighted by Crippen LogP contribution is 2.31. The molecule has 1 aliphatic heterocycles. The molecule has 0 bridgehead atoms. The van der Waals surface area contributed by atoms with Crippen LogP contribution in [0.3, 0.4) is 0 Å². The van der Waals surface area contributed by atoms with Gasteiger partial charge < -0.3 is 5.32 Å². The highest BCUT2D eigenvalue weighted by Gasteiger charge is 2.26. The number of hydrogen-bond donors (Lipinski definition) is 2. The van der Waals surface area contributed by atoms with Crippen molar-refractivity contribution in [3.63, 3.8) is 0 Å². The number of carbonyl (C=O) groups is 1. The van der Waals surface area contributed by atoms with Gasteiger partial charge in [-0.15, -0.1) is 0 Å². The van der Waals surface area contributed by atoms with E-state index >= 15 is 0 Å². The van der Waals surface area contributed by atoms with Crippen molar-refractivity contribution < 1.29 is 13.2 Å². The van der Waals surface area contributed by atoms with Crippen LogP contribution in [0.25, 0.3) is 22.2 Å². The summed E-state index contributed by atoms with van der Waals surface area (Å²) < 4.78 is 27.7. The van der Waals surface area contributed by atoms with Gasteiger partial charge in [-0.3, -0.25) is 10.1 Å². The summed E-state index contributed by atoms with van der Waals surface area (Å²) in [4.78, 5) is 18.2. The second-order valence-electron chi connectivity index (χ2n) is 9.07. The van der Waals surface area contributed by atoms with E-state index in [0.29, 0.717) is 45.8 Å². The van der Waals surface area contributed by atoms with Crippen LogP contribution in [0.4, 0.5) is 5.69 Å². The number of pyridine rings is 1. The second kappa shape index (κ2) is 11.6. The van der Waals surface area contributed by atoms with Gasteiger partial charge in [-0.2, -0.15) is 4.31 Å². The Bertz CT molecular complexity index is 1690. The minimum absolute atomic E-state index is 0.0328. The van der Waals surface area contributed by atoms with Crippen LogP contribution < -0.4 is 10.6 Å². The molecule has 2 N–H and O–H groups in total. The van der Waals surface area contributed by atoms with E-state index in [4.69, 9.17) is 35.4 Å². The van der Waals surface area contributed by atoms with Gasteiger partial charge in [0.1, 0.15) is 0 Å². The Hall–Kier alpha value is -3.08. The number of amides is 1. The number of fused-ring (bicyclic) bond motifs is 1. The van der Waals surface area contributed by atoms with Crippen LogP contribution >= 0.6 is 35.4 Å². The zero-order valence-corrected chi connectivity index (χ0v) is 23.8. The van der Waals surface area contributed by atoms with Crippen molar-refractivity contribution in [2.75, 3.05) is 18.4 Å². The Morgan fingerprint density at radius 1 is 0.897 bits per heavy atom. The summed E-state index contributed by atoms with van der Waals surface area (Å²) in [6, 6.07) is 20.6. The van der Waals surface area contributed by atoms with Crippen molar-refractivity contribution in [1.29, 1.82) is 0 Å². The monoisotopic (exact) mass is 598 g/mol. The number of thiocarbonyl (C=S) groups is 1. The summed E-state index contributed by atoms with van der Waals surface area (Å²) >= 11 is 18.1. The summed E-state index contributed by atoms with van der Waals surface area (Å²) in [6.45, 7) is 0.969. The highest BCUT2D eigenvalue weighted by atomic mass is 35.5. The first-order valence-corrected chi connectivity index (χ1v) is 14.9. The zero-order chi connectivity index (χ0) is 27.6. The van der Waals surface area contributed by atoms with Gasteiger partial charge in [0.15, 0.2) is 5.11 Å². The maximum absolute atomic E-state index is 13.4. The van der Waals surface area contributed by atoms with Gasteiger partial charge in [-0.25, -0.2) is 13.4 Å². The topological polar surface area (TPSA) is 91.4 Å².